The normalized spacial score (nSPS) is 19.5. The van der Waals surface area contributed by atoms with Gasteiger partial charge in [0.05, 0.1) is 13.2 Å². The van der Waals surface area contributed by atoms with E-state index in [0.717, 1.165) is 57.7 Å². The Hall–Kier alpha value is -1.96. The highest BCUT2D eigenvalue weighted by molar-refractivity contribution is 5.83. The number of hydrogen-bond acceptors (Lipinski definition) is 5. The molecule has 1 N–H and O–H groups in total. The van der Waals surface area contributed by atoms with Crippen LogP contribution in [0.15, 0.2) is 30.3 Å². The molecule has 0 spiro atoms. The Kier molecular flexibility index (Phi) is 7.82. The number of nitrogens with one attached hydrogen (secondary N) is 1. The van der Waals surface area contributed by atoms with E-state index in [-0.39, 0.29) is 17.9 Å². The zero-order valence-electron chi connectivity index (χ0n) is 16.8. The summed E-state index contributed by atoms with van der Waals surface area (Å²) in [6.07, 6.45) is 2.19. The van der Waals surface area contributed by atoms with E-state index in [1.54, 1.807) is 7.11 Å². The topological polar surface area (TPSA) is 65.1 Å². The lowest BCUT2D eigenvalue weighted by Gasteiger charge is -2.39. The molecule has 7 nitrogen and oxygen atoms in total. The summed E-state index contributed by atoms with van der Waals surface area (Å²) in [6, 6.07) is 9.86. The summed E-state index contributed by atoms with van der Waals surface area (Å²) in [5, 5.41) is 2.87. The van der Waals surface area contributed by atoms with E-state index in [4.69, 9.17) is 4.74 Å². The number of carbonyl (C=O) groups excluding carboxylic acids is 2. The third kappa shape index (κ3) is 5.53. The Balaban J connectivity index is 1.58. The maximum Gasteiger partial charge on any atom is 0.244 e. The number of likely N-dealkylation sites (tertiary alicyclic amines) is 1. The van der Waals surface area contributed by atoms with E-state index in [1.165, 1.54) is 0 Å². The summed E-state index contributed by atoms with van der Waals surface area (Å²) in [5.41, 5.74) is 1.06. The number of hydrogen-bond donors (Lipinski definition) is 1. The monoisotopic (exact) mass is 388 g/mol. The Morgan fingerprint density at radius 3 is 2.36 bits per heavy atom. The molecule has 0 bridgehead atoms. The van der Waals surface area contributed by atoms with E-state index >= 15 is 0 Å². The number of piperazine rings is 1. The van der Waals surface area contributed by atoms with Crippen LogP contribution in [0.1, 0.15) is 24.4 Å². The highest BCUT2D eigenvalue weighted by atomic mass is 16.5. The molecule has 0 aromatic heterocycles. The Morgan fingerprint density at radius 1 is 1.04 bits per heavy atom. The van der Waals surface area contributed by atoms with Crippen molar-refractivity contribution in [2.45, 2.75) is 18.9 Å². The minimum Gasteiger partial charge on any atom is -0.383 e. The molecule has 0 aliphatic carbocycles. The number of ether oxygens (including phenoxy) is 1. The molecule has 7 heteroatoms. The van der Waals surface area contributed by atoms with Crippen LogP contribution in [-0.4, -0.2) is 92.6 Å². The van der Waals surface area contributed by atoms with Crippen molar-refractivity contribution >= 4 is 11.8 Å². The molecular formula is C21H32N4O3. The van der Waals surface area contributed by atoms with E-state index in [9.17, 15) is 9.59 Å². The van der Waals surface area contributed by atoms with Gasteiger partial charge in [0.25, 0.3) is 0 Å². The number of nitrogens with zero attached hydrogens (tertiary/aromatic N) is 3. The predicted molar refractivity (Wildman–Crippen MR) is 108 cm³/mol. The smallest absolute Gasteiger partial charge is 0.244 e. The van der Waals surface area contributed by atoms with Gasteiger partial charge in [0.1, 0.15) is 6.04 Å². The fourth-order valence-corrected chi connectivity index (χ4v) is 3.99. The van der Waals surface area contributed by atoms with Crippen LogP contribution in [0.5, 0.6) is 0 Å². The zero-order valence-corrected chi connectivity index (χ0v) is 16.8. The van der Waals surface area contributed by atoms with Crippen LogP contribution < -0.4 is 5.32 Å². The number of rotatable bonds is 8. The van der Waals surface area contributed by atoms with Crippen LogP contribution >= 0.6 is 0 Å². The first-order valence-electron chi connectivity index (χ1n) is 10.2. The summed E-state index contributed by atoms with van der Waals surface area (Å²) < 4.78 is 4.96. The van der Waals surface area contributed by atoms with Crippen LogP contribution in [0.3, 0.4) is 0 Å². The summed E-state index contributed by atoms with van der Waals surface area (Å²) in [6.45, 7) is 6.32. The predicted octanol–water partition coefficient (Wildman–Crippen LogP) is 0.730. The lowest BCUT2D eigenvalue weighted by molar-refractivity contribution is -0.137. The third-order valence-corrected chi connectivity index (χ3v) is 5.53. The van der Waals surface area contributed by atoms with Gasteiger partial charge in [0.2, 0.25) is 11.8 Å². The molecule has 1 aromatic carbocycles. The standard InChI is InChI=1S/C21H32N4O3/c1-28-16-9-22-19(26)17-23-12-14-24(15-13-23)20(18-7-3-2-4-8-18)21(27)25-10-5-6-11-25/h2-4,7-8,20H,5-6,9-17H2,1H3,(H,22,26). The van der Waals surface area contributed by atoms with Crippen molar-refractivity contribution in [1.82, 2.24) is 20.0 Å². The maximum atomic E-state index is 13.2. The molecule has 2 heterocycles. The maximum absolute atomic E-state index is 13.2. The molecule has 0 saturated carbocycles. The molecule has 0 radical (unpaired) electrons. The lowest BCUT2D eigenvalue weighted by Crippen LogP contribution is -2.53. The van der Waals surface area contributed by atoms with Crippen LogP contribution in [0, 0.1) is 0 Å². The first-order chi connectivity index (χ1) is 13.7. The van der Waals surface area contributed by atoms with E-state index in [0.29, 0.717) is 19.7 Å². The highest BCUT2D eigenvalue weighted by Gasteiger charge is 2.34. The molecule has 2 fully saturated rings. The minimum atomic E-state index is -0.225. The molecule has 3 rings (SSSR count). The lowest BCUT2D eigenvalue weighted by atomic mass is 10.0. The average Bonchev–Trinajstić information content (AvgIpc) is 3.25. The van der Waals surface area contributed by atoms with Crippen molar-refractivity contribution in [2.75, 3.05) is 66.1 Å². The van der Waals surface area contributed by atoms with Crippen LogP contribution in [-0.2, 0) is 14.3 Å². The van der Waals surface area contributed by atoms with Crippen molar-refractivity contribution in [1.29, 1.82) is 0 Å². The average molecular weight is 389 g/mol. The van der Waals surface area contributed by atoms with Gasteiger partial charge in [-0.25, -0.2) is 0 Å². The van der Waals surface area contributed by atoms with Gasteiger partial charge in [-0.1, -0.05) is 30.3 Å². The zero-order chi connectivity index (χ0) is 19.8. The van der Waals surface area contributed by atoms with Crippen molar-refractivity contribution in [3.8, 4) is 0 Å². The molecule has 1 atom stereocenters. The van der Waals surface area contributed by atoms with Crippen LogP contribution in [0.4, 0.5) is 0 Å². The molecule has 28 heavy (non-hydrogen) atoms. The second kappa shape index (κ2) is 10.5. The largest absolute Gasteiger partial charge is 0.383 e. The van der Waals surface area contributed by atoms with Crippen molar-refractivity contribution < 1.29 is 14.3 Å². The van der Waals surface area contributed by atoms with Gasteiger partial charge in [-0.3, -0.25) is 19.4 Å². The van der Waals surface area contributed by atoms with Gasteiger partial charge in [-0.2, -0.15) is 0 Å². The van der Waals surface area contributed by atoms with E-state index < -0.39 is 0 Å². The Bertz CT molecular complexity index is 626. The second-order valence-electron chi connectivity index (χ2n) is 7.50. The van der Waals surface area contributed by atoms with Gasteiger partial charge in [0, 0.05) is 52.9 Å². The molecule has 2 aliphatic heterocycles. The van der Waals surface area contributed by atoms with Crippen molar-refractivity contribution in [3.63, 3.8) is 0 Å². The molecule has 1 unspecified atom stereocenters. The minimum absolute atomic E-state index is 0.0262. The molecule has 154 valence electrons. The van der Waals surface area contributed by atoms with Gasteiger partial charge in [-0.15, -0.1) is 0 Å². The van der Waals surface area contributed by atoms with E-state index in [2.05, 4.69) is 15.1 Å². The molecular weight excluding hydrogens is 356 g/mol. The quantitative estimate of drug-likeness (QED) is 0.665. The van der Waals surface area contributed by atoms with Gasteiger partial charge >= 0.3 is 0 Å². The molecule has 1 aromatic rings. The fourth-order valence-electron chi connectivity index (χ4n) is 3.99. The van der Waals surface area contributed by atoms with E-state index in [1.807, 2.05) is 35.2 Å². The summed E-state index contributed by atoms with van der Waals surface area (Å²) in [4.78, 5) is 31.7. The number of amides is 2. The number of benzene rings is 1. The first kappa shape index (κ1) is 20.8. The fraction of sp³-hybridized carbons (Fsp3) is 0.619. The summed E-state index contributed by atoms with van der Waals surface area (Å²) in [5.74, 6) is 0.243. The number of methoxy groups -OCH3 is 1. The van der Waals surface area contributed by atoms with Crippen molar-refractivity contribution in [3.05, 3.63) is 35.9 Å². The van der Waals surface area contributed by atoms with Gasteiger partial charge < -0.3 is 15.0 Å². The second-order valence-corrected chi connectivity index (χ2v) is 7.50. The van der Waals surface area contributed by atoms with Crippen LogP contribution in [0.25, 0.3) is 0 Å². The van der Waals surface area contributed by atoms with Gasteiger partial charge in [0.15, 0.2) is 0 Å². The van der Waals surface area contributed by atoms with Gasteiger partial charge in [-0.05, 0) is 18.4 Å². The van der Waals surface area contributed by atoms with Crippen molar-refractivity contribution in [2.24, 2.45) is 0 Å². The summed E-state index contributed by atoms with van der Waals surface area (Å²) >= 11 is 0. The first-order valence-corrected chi connectivity index (χ1v) is 10.2. The highest BCUT2D eigenvalue weighted by Crippen LogP contribution is 2.26. The Morgan fingerprint density at radius 2 is 1.71 bits per heavy atom. The molecule has 2 aliphatic rings. The molecule has 2 saturated heterocycles. The third-order valence-electron chi connectivity index (χ3n) is 5.53. The molecule has 2 amide bonds. The number of carbonyl (C=O) groups is 2. The van der Waals surface area contributed by atoms with Crippen LogP contribution in [0.2, 0.25) is 0 Å². The Labute approximate surface area is 167 Å². The SMILES string of the molecule is COCCNC(=O)CN1CCN(C(C(=O)N2CCCC2)c2ccccc2)CC1. The summed E-state index contributed by atoms with van der Waals surface area (Å²) in [7, 11) is 1.62.